The van der Waals surface area contributed by atoms with Crippen molar-refractivity contribution in [2.24, 2.45) is 0 Å². The summed E-state index contributed by atoms with van der Waals surface area (Å²) in [5.41, 5.74) is 4.15. The molecule has 0 spiro atoms. The van der Waals surface area contributed by atoms with Crippen LogP contribution < -0.4 is 9.80 Å². The van der Waals surface area contributed by atoms with Crippen LogP contribution in [0.5, 0.6) is 0 Å². The van der Waals surface area contributed by atoms with E-state index in [0.29, 0.717) is 10.7 Å². The average molecular weight is 484 g/mol. The zero-order valence-corrected chi connectivity index (χ0v) is 20.5. The summed E-state index contributed by atoms with van der Waals surface area (Å²) in [6.45, 7) is 2.05. The number of ketones is 1. The highest BCUT2D eigenvalue weighted by atomic mass is 32.1. The molecule has 176 valence electrons. The number of amides is 1. The van der Waals surface area contributed by atoms with Gasteiger partial charge in [0, 0.05) is 25.3 Å². The van der Waals surface area contributed by atoms with Crippen molar-refractivity contribution in [1.82, 2.24) is 4.98 Å². The molecule has 7 heteroatoms. The number of aryl methyl sites for hydroxylation is 1. The Morgan fingerprint density at radius 1 is 1.00 bits per heavy atom. The van der Waals surface area contributed by atoms with E-state index >= 15 is 0 Å². The van der Waals surface area contributed by atoms with Gasteiger partial charge in [-0.2, -0.15) is 0 Å². The summed E-state index contributed by atoms with van der Waals surface area (Å²) in [5, 5.41) is 11.7. The SMILES string of the molecule is CCc1ccc(/C(O)=C2\C(=O)C(=O)N(c3nc4ccccc4s3)C2c2ccc(N(C)C)cc2)cc1. The van der Waals surface area contributed by atoms with Crippen LogP contribution in [-0.2, 0) is 16.0 Å². The number of hydrogen-bond donors (Lipinski definition) is 1. The summed E-state index contributed by atoms with van der Waals surface area (Å²) in [6, 6.07) is 21.9. The number of carbonyl (C=O) groups excluding carboxylic acids is 2. The van der Waals surface area contributed by atoms with E-state index in [2.05, 4.69) is 11.9 Å². The molecule has 1 atom stereocenters. The summed E-state index contributed by atoms with van der Waals surface area (Å²) in [7, 11) is 3.89. The smallest absolute Gasteiger partial charge is 0.301 e. The molecule has 1 N–H and O–H groups in total. The Hall–Kier alpha value is -3.97. The first-order chi connectivity index (χ1) is 16.9. The second-order valence-corrected chi connectivity index (χ2v) is 9.68. The maximum Gasteiger partial charge on any atom is 0.301 e. The third kappa shape index (κ3) is 3.98. The van der Waals surface area contributed by atoms with E-state index in [9.17, 15) is 14.7 Å². The first kappa shape index (κ1) is 22.8. The molecule has 2 heterocycles. The topological polar surface area (TPSA) is 73.7 Å². The van der Waals surface area contributed by atoms with Gasteiger partial charge in [0.15, 0.2) is 5.13 Å². The highest BCUT2D eigenvalue weighted by molar-refractivity contribution is 7.22. The zero-order valence-electron chi connectivity index (χ0n) is 19.7. The van der Waals surface area contributed by atoms with Crippen molar-refractivity contribution in [2.45, 2.75) is 19.4 Å². The second kappa shape index (κ2) is 9.00. The number of nitrogens with zero attached hydrogens (tertiary/aromatic N) is 3. The molecule has 1 unspecified atom stereocenters. The molecule has 0 saturated carbocycles. The Bertz CT molecular complexity index is 1420. The third-order valence-corrected chi connectivity index (χ3v) is 7.33. The Kier molecular flexibility index (Phi) is 5.86. The molecule has 5 rings (SSSR count). The van der Waals surface area contributed by atoms with Gasteiger partial charge in [-0.05, 0) is 41.8 Å². The monoisotopic (exact) mass is 483 g/mol. The maximum atomic E-state index is 13.4. The predicted molar refractivity (Wildman–Crippen MR) is 141 cm³/mol. The minimum atomic E-state index is -0.794. The van der Waals surface area contributed by atoms with Crippen LogP contribution in [0.4, 0.5) is 10.8 Å². The fourth-order valence-corrected chi connectivity index (χ4v) is 5.31. The number of fused-ring (bicyclic) bond motifs is 1. The van der Waals surface area contributed by atoms with Crippen molar-refractivity contribution in [3.8, 4) is 0 Å². The molecule has 0 bridgehead atoms. The molecule has 6 nitrogen and oxygen atoms in total. The number of para-hydroxylation sites is 1. The lowest BCUT2D eigenvalue weighted by Gasteiger charge is -2.23. The molecule has 1 saturated heterocycles. The van der Waals surface area contributed by atoms with Gasteiger partial charge in [-0.1, -0.05) is 66.8 Å². The van der Waals surface area contributed by atoms with Gasteiger partial charge >= 0.3 is 5.91 Å². The Labute approximate surface area is 207 Å². The fourth-order valence-electron chi connectivity index (χ4n) is 4.32. The molecule has 0 radical (unpaired) electrons. The van der Waals surface area contributed by atoms with Crippen LogP contribution in [0.15, 0.2) is 78.4 Å². The summed E-state index contributed by atoms with van der Waals surface area (Å²) in [6.07, 6.45) is 0.862. The summed E-state index contributed by atoms with van der Waals surface area (Å²) < 4.78 is 0.918. The van der Waals surface area contributed by atoms with Gasteiger partial charge < -0.3 is 10.0 Å². The van der Waals surface area contributed by atoms with Gasteiger partial charge in [-0.3, -0.25) is 14.5 Å². The Morgan fingerprint density at radius 3 is 2.31 bits per heavy atom. The molecule has 0 aliphatic carbocycles. The van der Waals surface area contributed by atoms with Gasteiger partial charge in [-0.15, -0.1) is 0 Å². The molecule has 4 aromatic rings. The maximum absolute atomic E-state index is 13.4. The van der Waals surface area contributed by atoms with Gasteiger partial charge in [-0.25, -0.2) is 4.98 Å². The van der Waals surface area contributed by atoms with Crippen LogP contribution in [0.2, 0.25) is 0 Å². The Balaban J connectivity index is 1.70. The summed E-state index contributed by atoms with van der Waals surface area (Å²) >= 11 is 1.35. The standard InChI is InChI=1S/C28H25N3O3S/c1-4-17-9-11-19(12-10-17)25(32)23-24(18-13-15-20(16-14-18)30(2)3)31(27(34)26(23)33)28-29-21-7-5-6-8-22(21)35-28/h5-16,24,32H,4H2,1-3H3/b25-23+. The molecule has 1 amide bonds. The number of carbonyl (C=O) groups is 2. The molecule has 1 fully saturated rings. The largest absolute Gasteiger partial charge is 0.507 e. The Morgan fingerprint density at radius 2 is 1.69 bits per heavy atom. The normalized spacial score (nSPS) is 17.3. The lowest BCUT2D eigenvalue weighted by atomic mass is 9.95. The van der Waals surface area contributed by atoms with Crippen LogP contribution in [0.3, 0.4) is 0 Å². The van der Waals surface area contributed by atoms with E-state index < -0.39 is 17.7 Å². The number of aliphatic hydroxyl groups is 1. The summed E-state index contributed by atoms with van der Waals surface area (Å²) in [5.74, 6) is -1.60. The van der Waals surface area contributed by atoms with E-state index in [1.165, 1.54) is 16.2 Å². The van der Waals surface area contributed by atoms with Crippen molar-refractivity contribution in [2.75, 3.05) is 23.9 Å². The van der Waals surface area contributed by atoms with Crippen LogP contribution in [0.1, 0.15) is 29.7 Å². The number of anilines is 2. The van der Waals surface area contributed by atoms with Crippen molar-refractivity contribution < 1.29 is 14.7 Å². The van der Waals surface area contributed by atoms with Crippen molar-refractivity contribution >= 4 is 49.8 Å². The van der Waals surface area contributed by atoms with E-state index in [1.807, 2.05) is 79.7 Å². The predicted octanol–water partition coefficient (Wildman–Crippen LogP) is 5.55. The average Bonchev–Trinajstić information content (AvgIpc) is 3.42. The minimum absolute atomic E-state index is 0.0658. The number of thiazole rings is 1. The molecule has 1 aliphatic heterocycles. The van der Waals surface area contributed by atoms with Crippen molar-refractivity contribution in [1.29, 1.82) is 0 Å². The first-order valence-corrected chi connectivity index (χ1v) is 12.2. The highest BCUT2D eigenvalue weighted by Gasteiger charge is 2.48. The van der Waals surface area contributed by atoms with Crippen molar-refractivity contribution in [3.05, 3.63) is 95.1 Å². The van der Waals surface area contributed by atoms with E-state index in [0.717, 1.165) is 33.5 Å². The quantitative estimate of drug-likeness (QED) is 0.229. The lowest BCUT2D eigenvalue weighted by Crippen LogP contribution is -2.29. The zero-order chi connectivity index (χ0) is 24.7. The lowest BCUT2D eigenvalue weighted by molar-refractivity contribution is -0.132. The molecular formula is C28H25N3O3S. The minimum Gasteiger partial charge on any atom is -0.507 e. The van der Waals surface area contributed by atoms with Gasteiger partial charge in [0.25, 0.3) is 5.78 Å². The molecule has 1 aromatic heterocycles. The summed E-state index contributed by atoms with van der Waals surface area (Å²) in [4.78, 5) is 34.8. The highest BCUT2D eigenvalue weighted by Crippen LogP contribution is 2.44. The van der Waals surface area contributed by atoms with Gasteiger partial charge in [0.05, 0.1) is 21.8 Å². The molecule has 35 heavy (non-hydrogen) atoms. The number of Topliss-reactive ketones (excluding diaryl/α,β-unsaturated/α-hetero) is 1. The van der Waals surface area contributed by atoms with Crippen LogP contribution >= 0.6 is 11.3 Å². The van der Waals surface area contributed by atoms with Crippen LogP contribution in [0, 0.1) is 0 Å². The van der Waals surface area contributed by atoms with Gasteiger partial charge in [0.2, 0.25) is 0 Å². The first-order valence-electron chi connectivity index (χ1n) is 11.4. The van der Waals surface area contributed by atoms with E-state index in [1.54, 1.807) is 12.1 Å². The number of benzene rings is 3. The van der Waals surface area contributed by atoms with Crippen LogP contribution in [0.25, 0.3) is 16.0 Å². The molecule has 1 aliphatic rings. The number of aromatic nitrogens is 1. The van der Waals surface area contributed by atoms with Crippen molar-refractivity contribution in [3.63, 3.8) is 0 Å². The third-order valence-electron chi connectivity index (χ3n) is 6.29. The van der Waals surface area contributed by atoms with Crippen LogP contribution in [-0.4, -0.2) is 35.9 Å². The second-order valence-electron chi connectivity index (χ2n) is 8.67. The number of hydrogen-bond acceptors (Lipinski definition) is 6. The van der Waals surface area contributed by atoms with Gasteiger partial charge in [0.1, 0.15) is 5.76 Å². The fraction of sp³-hybridized carbons (Fsp3) is 0.179. The molecule has 3 aromatic carbocycles. The van der Waals surface area contributed by atoms with E-state index in [-0.39, 0.29) is 11.3 Å². The number of rotatable bonds is 5. The van der Waals surface area contributed by atoms with E-state index in [4.69, 9.17) is 0 Å². The molecular weight excluding hydrogens is 458 g/mol. The number of aliphatic hydroxyl groups excluding tert-OH is 1.